The van der Waals surface area contributed by atoms with Gasteiger partial charge in [0.05, 0.1) is 13.0 Å². The zero-order valence-corrected chi connectivity index (χ0v) is 12.6. The van der Waals surface area contributed by atoms with Crippen molar-refractivity contribution in [2.24, 2.45) is 5.92 Å². The molecule has 0 aliphatic heterocycles. The average molecular weight is 271 g/mol. The highest BCUT2D eigenvalue weighted by Crippen LogP contribution is 2.28. The van der Waals surface area contributed by atoms with Gasteiger partial charge in [-0.15, -0.1) is 0 Å². The second kappa shape index (κ2) is 6.26. The number of carbonyl (C=O) groups is 2. The number of hydrogen-bond donors (Lipinski definition) is 0. The fourth-order valence-electron chi connectivity index (χ4n) is 2.38. The van der Waals surface area contributed by atoms with Gasteiger partial charge < -0.3 is 14.4 Å². The van der Waals surface area contributed by atoms with Gasteiger partial charge in [0, 0.05) is 13.1 Å². The van der Waals surface area contributed by atoms with Gasteiger partial charge in [0.15, 0.2) is 0 Å². The molecule has 1 fully saturated rings. The second-order valence-electron chi connectivity index (χ2n) is 6.13. The monoisotopic (exact) mass is 271 g/mol. The lowest BCUT2D eigenvalue weighted by Crippen LogP contribution is -2.43. The second-order valence-corrected chi connectivity index (χ2v) is 6.13. The van der Waals surface area contributed by atoms with Crippen molar-refractivity contribution >= 4 is 12.1 Å². The summed E-state index contributed by atoms with van der Waals surface area (Å²) in [6.45, 7) is 5.53. The first-order valence-corrected chi connectivity index (χ1v) is 6.78. The van der Waals surface area contributed by atoms with Gasteiger partial charge in [-0.3, -0.25) is 4.79 Å². The topological polar surface area (TPSA) is 55.8 Å². The third kappa shape index (κ3) is 4.73. The molecule has 0 aromatic heterocycles. The van der Waals surface area contributed by atoms with Crippen LogP contribution >= 0.6 is 0 Å². The lowest BCUT2D eigenvalue weighted by atomic mass is 9.85. The highest BCUT2D eigenvalue weighted by Gasteiger charge is 2.33. The molecule has 5 nitrogen and oxygen atoms in total. The summed E-state index contributed by atoms with van der Waals surface area (Å²) in [5.41, 5.74) is -0.498. The van der Waals surface area contributed by atoms with Crippen molar-refractivity contribution in [2.75, 3.05) is 14.2 Å². The van der Waals surface area contributed by atoms with Gasteiger partial charge in [-0.1, -0.05) is 6.42 Å². The SMILES string of the molecule is COC(=O)[C@@H]1CCC[C@H](N(C)C(=O)OC(C)(C)C)C1. The molecule has 0 spiro atoms. The molecule has 0 aromatic rings. The number of amides is 1. The zero-order chi connectivity index (χ0) is 14.6. The fourth-order valence-corrected chi connectivity index (χ4v) is 2.38. The van der Waals surface area contributed by atoms with E-state index in [1.165, 1.54) is 7.11 Å². The summed E-state index contributed by atoms with van der Waals surface area (Å²) in [7, 11) is 3.14. The lowest BCUT2D eigenvalue weighted by molar-refractivity contribution is -0.147. The van der Waals surface area contributed by atoms with Crippen LogP contribution in [0.1, 0.15) is 46.5 Å². The normalized spacial score (nSPS) is 23.6. The van der Waals surface area contributed by atoms with E-state index >= 15 is 0 Å². The molecule has 1 saturated carbocycles. The number of ether oxygens (including phenoxy) is 2. The molecule has 5 heteroatoms. The Labute approximate surface area is 115 Å². The predicted octanol–water partition coefficient (Wildman–Crippen LogP) is 2.59. The van der Waals surface area contributed by atoms with E-state index in [9.17, 15) is 9.59 Å². The minimum Gasteiger partial charge on any atom is -0.469 e. The largest absolute Gasteiger partial charge is 0.469 e. The zero-order valence-electron chi connectivity index (χ0n) is 12.6. The summed E-state index contributed by atoms with van der Waals surface area (Å²) in [4.78, 5) is 25.2. The summed E-state index contributed by atoms with van der Waals surface area (Å²) in [5, 5.41) is 0. The number of hydrogen-bond acceptors (Lipinski definition) is 4. The third-order valence-corrected chi connectivity index (χ3v) is 3.41. The van der Waals surface area contributed by atoms with Crippen LogP contribution in [0.4, 0.5) is 4.79 Å². The highest BCUT2D eigenvalue weighted by molar-refractivity contribution is 5.73. The van der Waals surface area contributed by atoms with Crippen LogP contribution in [0.2, 0.25) is 0 Å². The molecule has 0 radical (unpaired) electrons. The van der Waals surface area contributed by atoms with E-state index in [1.807, 2.05) is 20.8 Å². The first-order valence-electron chi connectivity index (χ1n) is 6.78. The Kier molecular flexibility index (Phi) is 5.20. The van der Waals surface area contributed by atoms with Crippen LogP contribution in [0.5, 0.6) is 0 Å². The number of nitrogens with zero attached hydrogens (tertiary/aromatic N) is 1. The van der Waals surface area contributed by atoms with Crippen LogP contribution in [0, 0.1) is 5.92 Å². The number of rotatable bonds is 2. The van der Waals surface area contributed by atoms with Crippen LogP contribution < -0.4 is 0 Å². The molecule has 1 rings (SSSR count). The van der Waals surface area contributed by atoms with E-state index in [1.54, 1.807) is 11.9 Å². The maximum absolute atomic E-state index is 12.0. The van der Waals surface area contributed by atoms with Gasteiger partial charge in [0.25, 0.3) is 0 Å². The van der Waals surface area contributed by atoms with E-state index in [0.717, 1.165) is 19.3 Å². The molecule has 0 bridgehead atoms. The van der Waals surface area contributed by atoms with E-state index in [-0.39, 0.29) is 24.0 Å². The van der Waals surface area contributed by atoms with Crippen LogP contribution in [-0.4, -0.2) is 42.8 Å². The maximum atomic E-state index is 12.0. The summed E-state index contributed by atoms with van der Waals surface area (Å²) < 4.78 is 10.1. The summed E-state index contributed by atoms with van der Waals surface area (Å²) >= 11 is 0. The Hall–Kier alpha value is -1.26. The molecule has 0 aromatic carbocycles. The first kappa shape index (κ1) is 15.8. The highest BCUT2D eigenvalue weighted by atomic mass is 16.6. The quantitative estimate of drug-likeness (QED) is 0.724. The van der Waals surface area contributed by atoms with Crippen molar-refractivity contribution in [1.29, 1.82) is 0 Å². The van der Waals surface area contributed by atoms with Gasteiger partial charge >= 0.3 is 12.1 Å². The van der Waals surface area contributed by atoms with Crippen LogP contribution in [0.25, 0.3) is 0 Å². The van der Waals surface area contributed by atoms with Crippen molar-refractivity contribution < 1.29 is 19.1 Å². The van der Waals surface area contributed by atoms with E-state index in [2.05, 4.69) is 0 Å². The molecule has 19 heavy (non-hydrogen) atoms. The minimum atomic E-state index is -0.498. The Morgan fingerprint density at radius 2 is 1.84 bits per heavy atom. The van der Waals surface area contributed by atoms with Gasteiger partial charge in [-0.25, -0.2) is 4.79 Å². The van der Waals surface area contributed by atoms with Crippen molar-refractivity contribution in [3.05, 3.63) is 0 Å². The standard InChI is InChI=1S/C14H25NO4/c1-14(2,3)19-13(17)15(4)11-8-6-7-10(9-11)12(16)18-5/h10-11H,6-9H2,1-5H3/t10-,11+/m1/s1. The van der Waals surface area contributed by atoms with Crippen LogP contribution in [0.3, 0.4) is 0 Å². The molecule has 0 saturated heterocycles. The van der Waals surface area contributed by atoms with Gasteiger partial charge in [-0.05, 0) is 40.0 Å². The summed E-state index contributed by atoms with van der Waals surface area (Å²) in [6.07, 6.45) is 3.00. The lowest BCUT2D eigenvalue weighted by Gasteiger charge is -2.35. The van der Waals surface area contributed by atoms with Crippen LogP contribution in [-0.2, 0) is 14.3 Å². The van der Waals surface area contributed by atoms with Gasteiger partial charge in [-0.2, -0.15) is 0 Å². The molecule has 1 aliphatic rings. The molecule has 0 unspecified atom stereocenters. The maximum Gasteiger partial charge on any atom is 0.410 e. The molecule has 110 valence electrons. The molecule has 0 N–H and O–H groups in total. The minimum absolute atomic E-state index is 0.0488. The van der Waals surface area contributed by atoms with E-state index in [4.69, 9.17) is 9.47 Å². The molecular formula is C14H25NO4. The number of methoxy groups -OCH3 is 1. The number of carbonyl (C=O) groups excluding carboxylic acids is 2. The van der Waals surface area contributed by atoms with E-state index < -0.39 is 5.60 Å². The van der Waals surface area contributed by atoms with Crippen molar-refractivity contribution in [3.63, 3.8) is 0 Å². The molecule has 1 amide bonds. The van der Waals surface area contributed by atoms with Crippen LogP contribution in [0.15, 0.2) is 0 Å². The molecule has 0 heterocycles. The first-order chi connectivity index (χ1) is 8.74. The predicted molar refractivity (Wildman–Crippen MR) is 71.8 cm³/mol. The Morgan fingerprint density at radius 1 is 1.21 bits per heavy atom. The van der Waals surface area contributed by atoms with Gasteiger partial charge in [0.1, 0.15) is 5.60 Å². The molecular weight excluding hydrogens is 246 g/mol. The van der Waals surface area contributed by atoms with Gasteiger partial charge in [0.2, 0.25) is 0 Å². The Balaban J connectivity index is 2.59. The molecule has 2 atom stereocenters. The molecule has 1 aliphatic carbocycles. The number of esters is 1. The summed E-state index contributed by atoms with van der Waals surface area (Å²) in [6, 6.07) is 0.0488. The Morgan fingerprint density at radius 3 is 2.37 bits per heavy atom. The van der Waals surface area contributed by atoms with E-state index in [0.29, 0.717) is 6.42 Å². The summed E-state index contributed by atoms with van der Waals surface area (Å²) in [5.74, 6) is -0.282. The fraction of sp³-hybridized carbons (Fsp3) is 0.857. The van der Waals surface area contributed by atoms with Crippen molar-refractivity contribution in [2.45, 2.75) is 58.1 Å². The third-order valence-electron chi connectivity index (χ3n) is 3.41. The van der Waals surface area contributed by atoms with Crippen molar-refractivity contribution in [3.8, 4) is 0 Å². The smallest absolute Gasteiger partial charge is 0.410 e. The Bertz CT molecular complexity index is 335. The van der Waals surface area contributed by atoms with Crippen molar-refractivity contribution in [1.82, 2.24) is 4.90 Å². The average Bonchev–Trinajstić information content (AvgIpc) is 2.35.